The van der Waals surface area contributed by atoms with Crippen molar-refractivity contribution < 1.29 is 22.7 Å². The SMILES string of the molecule is CN(CC(Cl)C(F)(F)F)C(=O)OC1c2ccccc2-c2ccccc21. The number of carbonyl (C=O) groups is 1. The zero-order valence-electron chi connectivity index (χ0n) is 13.3. The topological polar surface area (TPSA) is 29.5 Å². The lowest BCUT2D eigenvalue weighted by molar-refractivity contribution is -0.132. The van der Waals surface area contributed by atoms with E-state index in [1.807, 2.05) is 48.5 Å². The van der Waals surface area contributed by atoms with Gasteiger partial charge in [-0.15, -0.1) is 11.6 Å². The van der Waals surface area contributed by atoms with Crippen LogP contribution in [0, 0.1) is 0 Å². The van der Waals surface area contributed by atoms with E-state index in [9.17, 15) is 18.0 Å². The molecule has 0 aliphatic heterocycles. The molecular weight excluding hydrogens is 355 g/mol. The summed E-state index contributed by atoms with van der Waals surface area (Å²) in [6.07, 6.45) is -6.09. The monoisotopic (exact) mass is 369 g/mol. The van der Waals surface area contributed by atoms with Gasteiger partial charge in [-0.25, -0.2) is 4.79 Å². The normalized spacial score (nSPS) is 14.6. The molecule has 0 aromatic heterocycles. The second-order valence-corrected chi connectivity index (χ2v) is 6.35. The molecule has 132 valence electrons. The first-order chi connectivity index (χ1) is 11.8. The molecule has 3 rings (SSSR count). The molecule has 25 heavy (non-hydrogen) atoms. The van der Waals surface area contributed by atoms with Gasteiger partial charge in [0.25, 0.3) is 0 Å². The highest BCUT2D eigenvalue weighted by molar-refractivity contribution is 6.21. The van der Waals surface area contributed by atoms with Gasteiger partial charge >= 0.3 is 12.3 Å². The quantitative estimate of drug-likeness (QED) is 0.713. The summed E-state index contributed by atoms with van der Waals surface area (Å²) in [6.45, 7) is -0.681. The third-order valence-electron chi connectivity index (χ3n) is 4.10. The van der Waals surface area contributed by atoms with E-state index >= 15 is 0 Å². The molecule has 3 nitrogen and oxygen atoms in total. The van der Waals surface area contributed by atoms with Crippen LogP contribution in [0.1, 0.15) is 17.2 Å². The van der Waals surface area contributed by atoms with Crippen LogP contribution < -0.4 is 0 Å². The first-order valence-electron chi connectivity index (χ1n) is 7.60. The molecule has 1 atom stereocenters. The summed E-state index contributed by atoms with van der Waals surface area (Å²) >= 11 is 5.30. The molecular formula is C18H15ClF3NO2. The van der Waals surface area contributed by atoms with Crippen LogP contribution in [0.4, 0.5) is 18.0 Å². The minimum Gasteiger partial charge on any atom is -0.436 e. The number of alkyl halides is 4. The molecule has 2 aromatic carbocycles. The van der Waals surface area contributed by atoms with Gasteiger partial charge in [0, 0.05) is 24.7 Å². The summed E-state index contributed by atoms with van der Waals surface area (Å²) < 4.78 is 43.2. The van der Waals surface area contributed by atoms with Gasteiger partial charge in [0.15, 0.2) is 6.10 Å². The van der Waals surface area contributed by atoms with Crippen molar-refractivity contribution in [2.45, 2.75) is 17.7 Å². The molecule has 1 aliphatic rings. The summed E-state index contributed by atoms with van der Waals surface area (Å²) in [5.74, 6) is 0. The average molecular weight is 370 g/mol. The second kappa shape index (κ2) is 6.59. The van der Waals surface area contributed by atoms with Crippen molar-refractivity contribution in [3.05, 3.63) is 59.7 Å². The van der Waals surface area contributed by atoms with Gasteiger partial charge in [0.2, 0.25) is 0 Å². The molecule has 0 radical (unpaired) electrons. The maximum Gasteiger partial charge on any atom is 0.410 e. The minimum atomic E-state index is -4.58. The molecule has 0 saturated heterocycles. The Morgan fingerprint density at radius 2 is 1.60 bits per heavy atom. The summed E-state index contributed by atoms with van der Waals surface area (Å²) in [5.41, 5.74) is 3.51. The fourth-order valence-electron chi connectivity index (χ4n) is 2.85. The number of halogens is 4. The summed E-state index contributed by atoms with van der Waals surface area (Å²) in [6, 6.07) is 14.9. The molecule has 1 amide bonds. The Kier molecular flexibility index (Phi) is 4.64. The van der Waals surface area contributed by atoms with Gasteiger partial charge in [-0.3, -0.25) is 0 Å². The average Bonchev–Trinajstić information content (AvgIpc) is 2.88. The smallest absolute Gasteiger partial charge is 0.410 e. The number of hydrogen-bond acceptors (Lipinski definition) is 2. The van der Waals surface area contributed by atoms with E-state index in [0.717, 1.165) is 27.2 Å². The highest BCUT2D eigenvalue weighted by atomic mass is 35.5. The van der Waals surface area contributed by atoms with E-state index in [1.165, 1.54) is 7.05 Å². The van der Waals surface area contributed by atoms with E-state index in [-0.39, 0.29) is 0 Å². The van der Waals surface area contributed by atoms with E-state index in [4.69, 9.17) is 16.3 Å². The Morgan fingerprint density at radius 1 is 1.12 bits per heavy atom. The van der Waals surface area contributed by atoms with Gasteiger partial charge in [-0.2, -0.15) is 13.2 Å². The minimum absolute atomic E-state index is 0.651. The Balaban J connectivity index is 1.80. The predicted octanol–water partition coefficient (Wildman–Crippen LogP) is 4.99. The lowest BCUT2D eigenvalue weighted by atomic mass is 10.1. The Hall–Kier alpha value is -2.21. The van der Waals surface area contributed by atoms with Gasteiger partial charge in [0.05, 0.1) is 0 Å². The summed E-state index contributed by atoms with van der Waals surface area (Å²) in [5, 5.41) is -2.15. The van der Waals surface area contributed by atoms with Gasteiger partial charge in [-0.1, -0.05) is 48.5 Å². The molecule has 1 unspecified atom stereocenters. The zero-order chi connectivity index (χ0) is 18.2. The second-order valence-electron chi connectivity index (χ2n) is 5.83. The molecule has 2 aromatic rings. The molecule has 0 N–H and O–H groups in total. The first kappa shape index (κ1) is 17.6. The number of hydrogen-bond donors (Lipinski definition) is 0. The van der Waals surface area contributed by atoms with Crippen molar-refractivity contribution >= 4 is 17.7 Å². The van der Waals surface area contributed by atoms with Crippen LogP contribution >= 0.6 is 11.6 Å². The lowest BCUT2D eigenvalue weighted by Crippen LogP contribution is -2.39. The molecule has 7 heteroatoms. The van der Waals surface area contributed by atoms with Gasteiger partial charge < -0.3 is 9.64 Å². The molecule has 1 aliphatic carbocycles. The third kappa shape index (κ3) is 3.44. The van der Waals surface area contributed by atoms with Crippen LogP contribution in [-0.2, 0) is 4.74 Å². The fraction of sp³-hybridized carbons (Fsp3) is 0.278. The van der Waals surface area contributed by atoms with Crippen LogP contribution in [0.25, 0.3) is 11.1 Å². The van der Waals surface area contributed by atoms with E-state index < -0.39 is 30.3 Å². The van der Waals surface area contributed by atoms with E-state index in [0.29, 0.717) is 0 Å². The van der Waals surface area contributed by atoms with Crippen molar-refractivity contribution in [2.75, 3.05) is 13.6 Å². The van der Waals surface area contributed by atoms with Crippen LogP contribution in [0.2, 0.25) is 0 Å². The molecule has 0 heterocycles. The van der Waals surface area contributed by atoms with Crippen molar-refractivity contribution in [2.24, 2.45) is 0 Å². The molecule has 0 bridgehead atoms. The van der Waals surface area contributed by atoms with Crippen molar-refractivity contribution in [3.63, 3.8) is 0 Å². The number of carbonyl (C=O) groups excluding carboxylic acids is 1. The number of rotatable bonds is 3. The summed E-state index contributed by atoms with van der Waals surface area (Å²) in [7, 11) is 1.23. The van der Waals surface area contributed by atoms with Crippen molar-refractivity contribution in [1.82, 2.24) is 4.90 Å². The molecule has 0 saturated carbocycles. The van der Waals surface area contributed by atoms with Crippen LogP contribution in [0.3, 0.4) is 0 Å². The Labute approximate surface area is 148 Å². The number of nitrogens with zero attached hydrogens (tertiary/aromatic N) is 1. The maximum absolute atomic E-state index is 12.6. The lowest BCUT2D eigenvalue weighted by Gasteiger charge is -2.24. The molecule has 0 spiro atoms. The molecule has 0 fully saturated rings. The maximum atomic E-state index is 12.6. The van der Waals surface area contributed by atoms with Crippen molar-refractivity contribution in [1.29, 1.82) is 0 Å². The highest BCUT2D eigenvalue weighted by Gasteiger charge is 2.40. The van der Waals surface area contributed by atoms with E-state index in [1.54, 1.807) is 0 Å². The number of fused-ring (bicyclic) bond motifs is 3. The highest BCUT2D eigenvalue weighted by Crippen LogP contribution is 2.45. The standard InChI is InChI=1S/C18H15ClF3NO2/c1-23(10-15(19)18(20,21)22)17(24)25-16-13-8-4-2-6-11(13)12-7-3-5-9-14(12)16/h2-9,15-16H,10H2,1H3. The zero-order valence-corrected chi connectivity index (χ0v) is 14.0. The van der Waals surface area contributed by atoms with Gasteiger partial charge in [0.1, 0.15) is 5.38 Å². The largest absolute Gasteiger partial charge is 0.436 e. The Morgan fingerprint density at radius 3 is 2.08 bits per heavy atom. The number of benzene rings is 2. The third-order valence-corrected chi connectivity index (χ3v) is 4.48. The first-order valence-corrected chi connectivity index (χ1v) is 8.03. The van der Waals surface area contributed by atoms with Gasteiger partial charge in [-0.05, 0) is 11.1 Å². The number of ether oxygens (including phenoxy) is 1. The predicted molar refractivity (Wildman–Crippen MR) is 88.5 cm³/mol. The van der Waals surface area contributed by atoms with Crippen LogP contribution in [0.5, 0.6) is 0 Å². The summed E-state index contributed by atoms with van der Waals surface area (Å²) in [4.78, 5) is 13.1. The van der Waals surface area contributed by atoms with Crippen LogP contribution in [0.15, 0.2) is 48.5 Å². The van der Waals surface area contributed by atoms with Crippen molar-refractivity contribution in [3.8, 4) is 11.1 Å². The van der Waals surface area contributed by atoms with E-state index in [2.05, 4.69) is 0 Å². The fourth-order valence-corrected chi connectivity index (χ4v) is 3.05. The Bertz CT molecular complexity index is 748. The number of amides is 1. The van der Waals surface area contributed by atoms with Crippen LogP contribution in [-0.4, -0.2) is 36.1 Å².